The molecule has 4 heterocycles. The summed E-state index contributed by atoms with van der Waals surface area (Å²) in [5, 5.41) is 4.24. The molecule has 0 atom stereocenters. The quantitative estimate of drug-likeness (QED) is 0.844. The molecule has 0 aromatic carbocycles. The summed E-state index contributed by atoms with van der Waals surface area (Å²) in [5.41, 5.74) is 1.14. The van der Waals surface area contributed by atoms with E-state index in [0.29, 0.717) is 26.3 Å². The van der Waals surface area contributed by atoms with Crippen molar-refractivity contribution in [3.63, 3.8) is 0 Å². The van der Waals surface area contributed by atoms with Crippen molar-refractivity contribution in [3.05, 3.63) is 36.2 Å². The highest BCUT2D eigenvalue weighted by Gasteiger charge is 2.29. The number of rotatable bonds is 3. The molecule has 2 aromatic heterocycles. The van der Waals surface area contributed by atoms with Crippen LogP contribution in [0.1, 0.15) is 24.4 Å². The highest BCUT2D eigenvalue weighted by Crippen LogP contribution is 2.22. The van der Waals surface area contributed by atoms with Gasteiger partial charge in [0.2, 0.25) is 5.91 Å². The smallest absolute Gasteiger partial charge is 0.226 e. The fourth-order valence-corrected chi connectivity index (χ4v) is 3.40. The van der Waals surface area contributed by atoms with Crippen LogP contribution in [0.15, 0.2) is 24.7 Å². The minimum absolute atomic E-state index is 0.119. The van der Waals surface area contributed by atoms with Gasteiger partial charge >= 0.3 is 0 Å². The lowest BCUT2D eigenvalue weighted by molar-refractivity contribution is -0.140. The third-order valence-corrected chi connectivity index (χ3v) is 4.71. The first kappa shape index (κ1) is 14.4. The van der Waals surface area contributed by atoms with Crippen molar-refractivity contribution < 1.29 is 9.53 Å². The van der Waals surface area contributed by atoms with Crippen LogP contribution >= 0.6 is 0 Å². The van der Waals surface area contributed by atoms with Crippen molar-refractivity contribution in [2.75, 3.05) is 19.8 Å². The average Bonchev–Trinajstić information content (AvgIpc) is 3.25. The summed E-state index contributed by atoms with van der Waals surface area (Å²) in [7, 11) is 0. The number of amides is 1. The molecular weight excluding hydrogens is 294 g/mol. The summed E-state index contributed by atoms with van der Waals surface area (Å²) in [6.45, 7) is 4.29. The Kier molecular flexibility index (Phi) is 3.87. The number of carbonyl (C=O) groups excluding carboxylic acids is 1. The van der Waals surface area contributed by atoms with Crippen LogP contribution in [0.4, 0.5) is 0 Å². The number of fused-ring (bicyclic) bond motifs is 1. The van der Waals surface area contributed by atoms with Gasteiger partial charge in [-0.3, -0.25) is 9.48 Å². The molecule has 0 N–H and O–H groups in total. The van der Waals surface area contributed by atoms with Crippen molar-refractivity contribution in [1.29, 1.82) is 0 Å². The molecular formula is C16H21N5O2. The number of carbonyl (C=O) groups is 1. The normalized spacial score (nSPS) is 18.9. The van der Waals surface area contributed by atoms with Gasteiger partial charge < -0.3 is 14.2 Å². The average molecular weight is 315 g/mol. The molecule has 0 spiro atoms. The highest BCUT2D eigenvalue weighted by atomic mass is 16.5. The third kappa shape index (κ3) is 2.88. The molecule has 2 aliphatic rings. The Hall–Kier alpha value is -2.15. The second-order valence-electron chi connectivity index (χ2n) is 6.17. The number of hydrogen-bond acceptors (Lipinski definition) is 4. The molecule has 0 unspecified atom stereocenters. The molecule has 1 amide bonds. The van der Waals surface area contributed by atoms with Gasteiger partial charge in [-0.25, -0.2) is 4.98 Å². The Morgan fingerprint density at radius 3 is 2.96 bits per heavy atom. The summed E-state index contributed by atoms with van der Waals surface area (Å²) >= 11 is 0. The zero-order valence-electron chi connectivity index (χ0n) is 13.1. The molecule has 23 heavy (non-hydrogen) atoms. The van der Waals surface area contributed by atoms with E-state index in [-0.39, 0.29) is 11.8 Å². The van der Waals surface area contributed by atoms with Crippen LogP contribution in [0.2, 0.25) is 0 Å². The summed E-state index contributed by atoms with van der Waals surface area (Å²) < 4.78 is 9.46. The molecule has 0 aliphatic carbocycles. The predicted octanol–water partition coefficient (Wildman–Crippen LogP) is 0.897. The Morgan fingerprint density at radius 2 is 2.17 bits per heavy atom. The van der Waals surface area contributed by atoms with Gasteiger partial charge in [0.1, 0.15) is 5.82 Å². The van der Waals surface area contributed by atoms with Gasteiger partial charge in [0.25, 0.3) is 0 Å². The second-order valence-corrected chi connectivity index (χ2v) is 6.17. The minimum Gasteiger partial charge on any atom is -0.381 e. The Bertz CT molecular complexity index is 673. The number of imidazole rings is 1. The van der Waals surface area contributed by atoms with Crippen LogP contribution in [-0.2, 0) is 29.2 Å². The van der Waals surface area contributed by atoms with Crippen LogP contribution in [0.5, 0.6) is 0 Å². The first-order valence-corrected chi connectivity index (χ1v) is 8.18. The minimum atomic E-state index is 0.119. The van der Waals surface area contributed by atoms with Gasteiger partial charge in [-0.15, -0.1) is 0 Å². The summed E-state index contributed by atoms with van der Waals surface area (Å²) in [4.78, 5) is 19.1. The first-order valence-electron chi connectivity index (χ1n) is 8.18. The number of nitrogens with zero attached hydrogens (tertiary/aromatic N) is 5. The number of hydrogen-bond donors (Lipinski definition) is 0. The Morgan fingerprint density at radius 1 is 1.30 bits per heavy atom. The molecule has 2 aromatic rings. The molecule has 7 heteroatoms. The molecule has 4 rings (SSSR count). The van der Waals surface area contributed by atoms with E-state index in [1.165, 1.54) is 0 Å². The van der Waals surface area contributed by atoms with Gasteiger partial charge in [0.05, 0.1) is 25.0 Å². The van der Waals surface area contributed by atoms with E-state index < -0.39 is 0 Å². The van der Waals surface area contributed by atoms with E-state index in [1.807, 2.05) is 28.0 Å². The van der Waals surface area contributed by atoms with E-state index in [9.17, 15) is 4.79 Å². The second kappa shape index (κ2) is 6.16. The number of aromatic nitrogens is 4. The summed E-state index contributed by atoms with van der Waals surface area (Å²) in [5.74, 6) is 1.35. The van der Waals surface area contributed by atoms with E-state index in [1.54, 1.807) is 6.20 Å². The first-order chi connectivity index (χ1) is 11.3. The molecule has 0 bridgehead atoms. The molecule has 1 saturated heterocycles. The standard InChI is InChI=1S/C16H21N5O2/c22-16(13-2-8-23-9-3-13)19-6-7-21-14(10-17-15(21)12-19)11-20-5-1-4-18-20/h1,4-5,10,13H,2-3,6-9,11-12H2. The van der Waals surface area contributed by atoms with Crippen molar-refractivity contribution in [3.8, 4) is 0 Å². The summed E-state index contributed by atoms with van der Waals surface area (Å²) in [6, 6.07) is 1.92. The van der Waals surface area contributed by atoms with Gasteiger partial charge in [-0.05, 0) is 18.9 Å². The molecule has 0 radical (unpaired) electrons. The largest absolute Gasteiger partial charge is 0.381 e. The zero-order valence-corrected chi connectivity index (χ0v) is 13.1. The lowest BCUT2D eigenvalue weighted by atomic mass is 9.98. The van der Waals surface area contributed by atoms with Crippen LogP contribution in [0.3, 0.4) is 0 Å². The lowest BCUT2D eigenvalue weighted by Crippen LogP contribution is -2.43. The molecule has 7 nitrogen and oxygen atoms in total. The maximum atomic E-state index is 12.6. The Labute approximate surface area is 134 Å². The monoisotopic (exact) mass is 315 g/mol. The van der Waals surface area contributed by atoms with Gasteiger partial charge in [0.15, 0.2) is 0 Å². The van der Waals surface area contributed by atoms with Crippen molar-refractivity contribution in [2.24, 2.45) is 5.92 Å². The van der Waals surface area contributed by atoms with Gasteiger partial charge in [0, 0.05) is 44.6 Å². The predicted molar refractivity (Wildman–Crippen MR) is 82.5 cm³/mol. The fraction of sp³-hybridized carbons (Fsp3) is 0.562. The van der Waals surface area contributed by atoms with E-state index in [0.717, 1.165) is 37.4 Å². The van der Waals surface area contributed by atoms with Crippen LogP contribution < -0.4 is 0 Å². The zero-order chi connectivity index (χ0) is 15.6. The molecule has 122 valence electrons. The Balaban J connectivity index is 1.45. The maximum absolute atomic E-state index is 12.6. The van der Waals surface area contributed by atoms with Crippen LogP contribution in [0, 0.1) is 5.92 Å². The number of ether oxygens (including phenoxy) is 1. The van der Waals surface area contributed by atoms with Gasteiger partial charge in [-0.1, -0.05) is 0 Å². The molecule has 1 fully saturated rings. The van der Waals surface area contributed by atoms with E-state index in [4.69, 9.17) is 4.74 Å². The lowest BCUT2D eigenvalue weighted by Gasteiger charge is -2.32. The van der Waals surface area contributed by atoms with E-state index in [2.05, 4.69) is 14.6 Å². The van der Waals surface area contributed by atoms with Crippen molar-refractivity contribution in [2.45, 2.75) is 32.5 Å². The molecule has 0 saturated carbocycles. The third-order valence-electron chi connectivity index (χ3n) is 4.71. The van der Waals surface area contributed by atoms with Crippen LogP contribution in [0.25, 0.3) is 0 Å². The van der Waals surface area contributed by atoms with Crippen LogP contribution in [-0.4, -0.2) is 49.9 Å². The SMILES string of the molecule is O=C(C1CCOCC1)N1CCn2c(Cn3cccn3)cnc2C1. The fourth-order valence-electron chi connectivity index (χ4n) is 3.40. The van der Waals surface area contributed by atoms with Crippen molar-refractivity contribution in [1.82, 2.24) is 24.2 Å². The highest BCUT2D eigenvalue weighted by molar-refractivity contribution is 5.79. The van der Waals surface area contributed by atoms with Gasteiger partial charge in [-0.2, -0.15) is 5.10 Å². The van der Waals surface area contributed by atoms with E-state index >= 15 is 0 Å². The molecule has 2 aliphatic heterocycles. The topological polar surface area (TPSA) is 65.2 Å². The summed E-state index contributed by atoms with van der Waals surface area (Å²) in [6.07, 6.45) is 7.31. The maximum Gasteiger partial charge on any atom is 0.226 e. The van der Waals surface area contributed by atoms with Crippen molar-refractivity contribution >= 4 is 5.91 Å².